The Morgan fingerprint density at radius 3 is 2.54 bits per heavy atom. The van der Waals surface area contributed by atoms with Gasteiger partial charge < -0.3 is 20.5 Å². The molecule has 2 aromatic carbocycles. The highest BCUT2D eigenvalue weighted by Crippen LogP contribution is 2.24. The molecule has 1 heterocycles. The number of carbonyl (C=O) groups is 1. The minimum Gasteiger partial charge on any atom is -0.502 e. The molecule has 1 aromatic heterocycles. The number of aliphatic hydroxyl groups is 1. The standard InChI is InChI=1S/C20H18Cl2N2O4/c21-14-5-3-11(9-15(14)22)2-1-7-23-19(27)17-13-8-12(10-25)4-6-16(13)24-20(28)18(17)26/h3-6,8-9,25-26H,1-2,7,10H2,(H,23,27)(H,24,28). The lowest BCUT2D eigenvalue weighted by molar-refractivity contribution is 0.0952. The van der Waals surface area contributed by atoms with E-state index in [1.54, 1.807) is 30.3 Å². The number of aromatic amines is 1. The molecule has 3 aromatic rings. The third-order valence-corrected chi connectivity index (χ3v) is 5.11. The van der Waals surface area contributed by atoms with Crippen LogP contribution >= 0.6 is 23.2 Å². The fraction of sp³-hybridized carbons (Fsp3) is 0.200. The number of nitrogens with one attached hydrogen (secondary N) is 2. The number of pyridine rings is 1. The summed E-state index contributed by atoms with van der Waals surface area (Å²) in [6.07, 6.45) is 1.31. The summed E-state index contributed by atoms with van der Waals surface area (Å²) in [6.45, 7) is 0.118. The fourth-order valence-electron chi connectivity index (χ4n) is 2.94. The normalized spacial score (nSPS) is 11.0. The molecule has 0 fully saturated rings. The van der Waals surface area contributed by atoms with Gasteiger partial charge in [-0.3, -0.25) is 9.59 Å². The second kappa shape index (κ2) is 8.65. The Morgan fingerprint density at radius 2 is 1.82 bits per heavy atom. The molecular formula is C20H18Cl2N2O4. The number of carbonyl (C=O) groups excluding carboxylic acids is 1. The molecule has 0 spiro atoms. The van der Waals surface area contributed by atoms with Crippen LogP contribution in [0.5, 0.6) is 5.75 Å². The first-order chi connectivity index (χ1) is 13.4. The molecule has 0 atom stereocenters. The fourth-order valence-corrected chi connectivity index (χ4v) is 3.26. The van der Waals surface area contributed by atoms with Crippen LogP contribution in [0.3, 0.4) is 0 Å². The van der Waals surface area contributed by atoms with Crippen molar-refractivity contribution in [2.45, 2.75) is 19.4 Å². The topological polar surface area (TPSA) is 102 Å². The molecule has 3 rings (SSSR count). The first kappa shape index (κ1) is 20.2. The lowest BCUT2D eigenvalue weighted by Gasteiger charge is -2.11. The number of H-pyrrole nitrogens is 1. The predicted molar refractivity (Wildman–Crippen MR) is 109 cm³/mol. The van der Waals surface area contributed by atoms with Crippen molar-refractivity contribution in [3.8, 4) is 5.75 Å². The van der Waals surface area contributed by atoms with Crippen molar-refractivity contribution in [1.29, 1.82) is 0 Å². The molecule has 0 aliphatic carbocycles. The highest BCUT2D eigenvalue weighted by atomic mass is 35.5. The monoisotopic (exact) mass is 420 g/mol. The largest absolute Gasteiger partial charge is 0.502 e. The van der Waals surface area contributed by atoms with Crippen molar-refractivity contribution in [1.82, 2.24) is 10.3 Å². The van der Waals surface area contributed by atoms with E-state index in [0.29, 0.717) is 45.9 Å². The van der Waals surface area contributed by atoms with Gasteiger partial charge in [-0.2, -0.15) is 0 Å². The molecule has 0 bridgehead atoms. The Morgan fingerprint density at radius 1 is 1.07 bits per heavy atom. The van der Waals surface area contributed by atoms with Crippen molar-refractivity contribution in [3.05, 3.63) is 73.5 Å². The van der Waals surface area contributed by atoms with E-state index in [1.165, 1.54) is 0 Å². The average Bonchev–Trinajstić information content (AvgIpc) is 2.68. The maximum atomic E-state index is 12.6. The Bertz CT molecular complexity index is 1100. The molecule has 0 saturated heterocycles. The van der Waals surface area contributed by atoms with E-state index in [2.05, 4.69) is 10.3 Å². The summed E-state index contributed by atoms with van der Waals surface area (Å²) in [7, 11) is 0. The van der Waals surface area contributed by atoms with Gasteiger partial charge in [0, 0.05) is 17.4 Å². The van der Waals surface area contributed by atoms with Crippen molar-refractivity contribution >= 4 is 40.0 Å². The summed E-state index contributed by atoms with van der Waals surface area (Å²) in [5.74, 6) is -1.21. The Kier molecular flexibility index (Phi) is 6.24. The number of aliphatic hydroxyl groups excluding tert-OH is 1. The highest BCUT2D eigenvalue weighted by Gasteiger charge is 2.19. The van der Waals surface area contributed by atoms with Crippen molar-refractivity contribution in [2.24, 2.45) is 0 Å². The third-order valence-electron chi connectivity index (χ3n) is 4.37. The molecule has 0 aliphatic rings. The molecule has 0 saturated carbocycles. The smallest absolute Gasteiger partial charge is 0.291 e. The van der Waals surface area contributed by atoms with Crippen molar-refractivity contribution in [2.75, 3.05) is 6.54 Å². The zero-order chi connectivity index (χ0) is 20.3. The third kappa shape index (κ3) is 4.30. The van der Waals surface area contributed by atoms with Crippen LogP contribution in [0.15, 0.2) is 41.2 Å². The van der Waals surface area contributed by atoms with Crippen molar-refractivity contribution in [3.63, 3.8) is 0 Å². The van der Waals surface area contributed by atoms with E-state index in [4.69, 9.17) is 23.2 Å². The number of amides is 1. The Balaban J connectivity index is 1.74. The van der Waals surface area contributed by atoms with E-state index >= 15 is 0 Å². The van der Waals surface area contributed by atoms with Gasteiger partial charge in [-0.05, 0) is 48.2 Å². The number of halogens is 2. The zero-order valence-corrected chi connectivity index (χ0v) is 16.3. The van der Waals surface area contributed by atoms with E-state index in [9.17, 15) is 19.8 Å². The number of rotatable bonds is 6. The van der Waals surface area contributed by atoms with E-state index in [-0.39, 0.29) is 12.2 Å². The molecule has 0 radical (unpaired) electrons. The number of fused-ring (bicyclic) bond motifs is 1. The summed E-state index contributed by atoms with van der Waals surface area (Å²) in [4.78, 5) is 27.1. The number of aromatic hydroxyl groups is 1. The van der Waals surface area contributed by atoms with Crippen LogP contribution in [0, 0.1) is 0 Å². The summed E-state index contributed by atoms with van der Waals surface area (Å²) in [6, 6.07) is 10.1. The van der Waals surface area contributed by atoms with Crippen LogP contribution in [0.4, 0.5) is 0 Å². The molecule has 6 nitrogen and oxygen atoms in total. The van der Waals surface area contributed by atoms with Gasteiger partial charge in [0.2, 0.25) is 0 Å². The average molecular weight is 421 g/mol. The van der Waals surface area contributed by atoms with Crippen LogP contribution in [0.25, 0.3) is 10.9 Å². The van der Waals surface area contributed by atoms with Crippen LogP contribution in [0.2, 0.25) is 10.0 Å². The van der Waals surface area contributed by atoms with Crippen LogP contribution in [-0.2, 0) is 13.0 Å². The van der Waals surface area contributed by atoms with Gasteiger partial charge in [-0.1, -0.05) is 35.3 Å². The second-order valence-electron chi connectivity index (χ2n) is 6.32. The number of aromatic nitrogens is 1. The summed E-state index contributed by atoms with van der Waals surface area (Å²) < 4.78 is 0. The first-order valence-corrected chi connectivity index (χ1v) is 9.37. The van der Waals surface area contributed by atoms with Crippen LogP contribution in [0.1, 0.15) is 27.9 Å². The van der Waals surface area contributed by atoms with Gasteiger partial charge in [-0.15, -0.1) is 0 Å². The van der Waals surface area contributed by atoms with Crippen LogP contribution < -0.4 is 10.9 Å². The zero-order valence-electron chi connectivity index (χ0n) is 14.8. The minimum atomic E-state index is -0.745. The van der Waals surface area contributed by atoms with Gasteiger partial charge >= 0.3 is 0 Å². The molecule has 0 unspecified atom stereocenters. The van der Waals surface area contributed by atoms with Gasteiger partial charge in [-0.25, -0.2) is 0 Å². The van der Waals surface area contributed by atoms with Crippen molar-refractivity contribution < 1.29 is 15.0 Å². The van der Waals surface area contributed by atoms with E-state index in [1.807, 2.05) is 6.07 Å². The quantitative estimate of drug-likeness (QED) is 0.458. The maximum absolute atomic E-state index is 12.6. The lowest BCUT2D eigenvalue weighted by atomic mass is 10.0. The van der Waals surface area contributed by atoms with Gasteiger partial charge in [0.1, 0.15) is 0 Å². The van der Waals surface area contributed by atoms with E-state index in [0.717, 1.165) is 5.56 Å². The van der Waals surface area contributed by atoms with Gasteiger partial charge in [0.05, 0.1) is 22.2 Å². The molecule has 4 N–H and O–H groups in total. The Hall–Kier alpha value is -2.54. The van der Waals surface area contributed by atoms with Gasteiger partial charge in [0.15, 0.2) is 5.75 Å². The molecule has 146 valence electrons. The number of hydrogen-bond acceptors (Lipinski definition) is 4. The number of benzene rings is 2. The molecule has 8 heteroatoms. The minimum absolute atomic E-state index is 0.108. The predicted octanol–water partition coefficient (Wildman–Crippen LogP) is 3.40. The summed E-state index contributed by atoms with van der Waals surface area (Å²) in [5, 5.41) is 23.5. The summed E-state index contributed by atoms with van der Waals surface area (Å²) >= 11 is 11.9. The second-order valence-corrected chi connectivity index (χ2v) is 7.14. The molecular weight excluding hydrogens is 403 g/mol. The first-order valence-electron chi connectivity index (χ1n) is 8.61. The number of aryl methyl sites for hydroxylation is 1. The maximum Gasteiger partial charge on any atom is 0.291 e. The highest BCUT2D eigenvalue weighted by molar-refractivity contribution is 6.42. The SMILES string of the molecule is O=C(NCCCc1ccc(Cl)c(Cl)c1)c1c(O)c(=O)[nH]c2ccc(CO)cc12. The van der Waals surface area contributed by atoms with E-state index < -0.39 is 17.2 Å². The molecule has 0 aliphatic heterocycles. The lowest BCUT2D eigenvalue weighted by Crippen LogP contribution is -2.27. The molecule has 1 amide bonds. The molecule has 28 heavy (non-hydrogen) atoms. The Labute approximate surface area is 170 Å². The number of hydrogen-bond donors (Lipinski definition) is 4. The summed E-state index contributed by atoms with van der Waals surface area (Å²) in [5.41, 5.74) is 1.10. The van der Waals surface area contributed by atoms with Crippen LogP contribution in [-0.4, -0.2) is 27.6 Å². The van der Waals surface area contributed by atoms with Gasteiger partial charge in [0.25, 0.3) is 11.5 Å².